The first-order valence-corrected chi connectivity index (χ1v) is 12.6. The van der Waals surface area contributed by atoms with Crippen LogP contribution in [0.3, 0.4) is 0 Å². The second kappa shape index (κ2) is 19.4. The number of unbranched alkanes of at least 4 members (excludes halogenated alkanes) is 15. The molecule has 0 heterocycles. The van der Waals surface area contributed by atoms with Gasteiger partial charge in [0.1, 0.15) is 6.10 Å². The van der Waals surface area contributed by atoms with Crippen molar-refractivity contribution in [1.29, 1.82) is 0 Å². The maximum Gasteiger partial charge on any atom is 0.308 e. The monoisotopic (exact) mass is 414 g/mol. The molecule has 0 aromatic heterocycles. The Morgan fingerprint density at radius 3 is 1.48 bits per heavy atom. The first-order valence-electron chi connectivity index (χ1n) is 12.6. The Hall–Kier alpha value is -0.610. The molecular formula is C25H50O4. The largest absolute Gasteiger partial charge is 0.430 e. The zero-order valence-electron chi connectivity index (χ0n) is 19.7. The zero-order chi connectivity index (χ0) is 21.8. The topological polar surface area (TPSA) is 66.8 Å². The number of esters is 1. The van der Waals surface area contributed by atoms with E-state index < -0.39 is 17.9 Å². The highest BCUT2D eigenvalue weighted by molar-refractivity contribution is 5.69. The number of hydrogen-bond acceptors (Lipinski definition) is 4. The Bertz CT molecular complexity index is 370. The molecule has 29 heavy (non-hydrogen) atoms. The quantitative estimate of drug-likeness (QED) is 0.120. The standard InChI is InChI=1S/C25H50O4/c1-4-6-8-9-10-11-12-13-14-15-16-17-18-19-20-21-24(27)29-25(28,23(3)26)22-7-5-2/h23,26,28H,4-22H2,1-3H3. The molecule has 2 atom stereocenters. The van der Waals surface area contributed by atoms with Crippen LogP contribution in [0.1, 0.15) is 143 Å². The fourth-order valence-corrected chi connectivity index (χ4v) is 3.66. The molecule has 0 bridgehead atoms. The van der Waals surface area contributed by atoms with E-state index in [1.54, 1.807) is 0 Å². The van der Waals surface area contributed by atoms with Gasteiger partial charge in [-0.3, -0.25) is 4.79 Å². The molecule has 0 saturated heterocycles. The summed E-state index contributed by atoms with van der Waals surface area (Å²) in [6.45, 7) is 5.73. The van der Waals surface area contributed by atoms with Crippen molar-refractivity contribution in [2.45, 2.75) is 155 Å². The molecule has 0 saturated carbocycles. The second-order valence-electron chi connectivity index (χ2n) is 8.80. The van der Waals surface area contributed by atoms with E-state index in [9.17, 15) is 15.0 Å². The van der Waals surface area contributed by atoms with Crippen LogP contribution in [0.25, 0.3) is 0 Å². The number of carbonyl (C=O) groups is 1. The lowest BCUT2D eigenvalue weighted by atomic mass is 10.0. The van der Waals surface area contributed by atoms with Gasteiger partial charge < -0.3 is 14.9 Å². The number of hydrogen-bond donors (Lipinski definition) is 2. The Balaban J connectivity index is 3.50. The average molecular weight is 415 g/mol. The Labute approximate surface area is 180 Å². The molecule has 4 nitrogen and oxygen atoms in total. The minimum Gasteiger partial charge on any atom is -0.430 e. The molecule has 2 unspecified atom stereocenters. The van der Waals surface area contributed by atoms with Gasteiger partial charge in [-0.15, -0.1) is 0 Å². The summed E-state index contributed by atoms with van der Waals surface area (Å²) in [5.74, 6) is -2.14. The molecule has 0 radical (unpaired) electrons. The van der Waals surface area contributed by atoms with Gasteiger partial charge in [-0.1, -0.05) is 110 Å². The molecule has 0 rings (SSSR count). The molecule has 0 spiro atoms. The van der Waals surface area contributed by atoms with Gasteiger partial charge in [0.15, 0.2) is 0 Å². The molecule has 0 aromatic carbocycles. The SMILES string of the molecule is CCCCCCCCCCCCCCCCCC(=O)OC(O)(CCCC)C(C)O. The first-order chi connectivity index (χ1) is 14.0. The van der Waals surface area contributed by atoms with Crippen molar-refractivity contribution in [3.63, 3.8) is 0 Å². The summed E-state index contributed by atoms with van der Waals surface area (Å²) in [6, 6.07) is 0. The van der Waals surface area contributed by atoms with Crippen LogP contribution in [-0.2, 0) is 9.53 Å². The maximum absolute atomic E-state index is 12.0. The van der Waals surface area contributed by atoms with Crippen LogP contribution in [0, 0.1) is 0 Å². The predicted molar refractivity (Wildman–Crippen MR) is 122 cm³/mol. The van der Waals surface area contributed by atoms with Gasteiger partial charge in [0.2, 0.25) is 5.79 Å². The van der Waals surface area contributed by atoms with Crippen LogP contribution >= 0.6 is 0 Å². The van der Waals surface area contributed by atoms with Gasteiger partial charge in [0.25, 0.3) is 0 Å². The average Bonchev–Trinajstić information content (AvgIpc) is 2.69. The van der Waals surface area contributed by atoms with Crippen LogP contribution in [-0.4, -0.2) is 28.1 Å². The van der Waals surface area contributed by atoms with Gasteiger partial charge in [0.05, 0.1) is 0 Å². The number of rotatable bonds is 21. The fourth-order valence-electron chi connectivity index (χ4n) is 3.66. The van der Waals surface area contributed by atoms with E-state index in [-0.39, 0.29) is 6.42 Å². The number of aliphatic hydroxyl groups excluding tert-OH is 1. The summed E-state index contributed by atoms with van der Waals surface area (Å²) in [6.07, 6.45) is 20.5. The van der Waals surface area contributed by atoms with Crippen molar-refractivity contribution in [1.82, 2.24) is 0 Å². The third-order valence-corrected chi connectivity index (χ3v) is 5.82. The first kappa shape index (κ1) is 28.4. The minimum absolute atomic E-state index is 0.283. The zero-order valence-corrected chi connectivity index (χ0v) is 19.7. The lowest BCUT2D eigenvalue weighted by molar-refractivity contribution is -0.247. The van der Waals surface area contributed by atoms with Crippen LogP contribution in [0.5, 0.6) is 0 Å². The molecule has 2 N–H and O–H groups in total. The predicted octanol–water partition coefficient (Wildman–Crippen LogP) is 7.05. The molecular weight excluding hydrogens is 364 g/mol. The van der Waals surface area contributed by atoms with Crippen molar-refractivity contribution < 1.29 is 19.7 Å². The molecule has 0 aromatic rings. The number of carbonyl (C=O) groups excluding carboxylic acids is 1. The highest BCUT2D eigenvalue weighted by Gasteiger charge is 2.36. The van der Waals surface area contributed by atoms with E-state index in [0.717, 1.165) is 25.7 Å². The lowest BCUT2D eigenvalue weighted by Crippen LogP contribution is -2.44. The van der Waals surface area contributed by atoms with E-state index in [4.69, 9.17) is 4.74 Å². The van der Waals surface area contributed by atoms with Crippen LogP contribution in [0.2, 0.25) is 0 Å². The Kier molecular flexibility index (Phi) is 19.0. The smallest absolute Gasteiger partial charge is 0.308 e. The van der Waals surface area contributed by atoms with E-state index in [1.165, 1.54) is 84.0 Å². The van der Waals surface area contributed by atoms with Crippen molar-refractivity contribution in [3.8, 4) is 0 Å². The molecule has 0 fully saturated rings. The summed E-state index contributed by atoms with van der Waals surface area (Å²) >= 11 is 0. The van der Waals surface area contributed by atoms with Gasteiger partial charge in [-0.05, 0) is 19.8 Å². The molecule has 0 aliphatic heterocycles. The second-order valence-corrected chi connectivity index (χ2v) is 8.80. The molecule has 174 valence electrons. The third kappa shape index (κ3) is 16.8. The summed E-state index contributed by atoms with van der Waals surface area (Å²) in [7, 11) is 0. The van der Waals surface area contributed by atoms with Gasteiger partial charge in [-0.2, -0.15) is 0 Å². The molecule has 0 aliphatic carbocycles. The van der Waals surface area contributed by atoms with Crippen LogP contribution in [0.4, 0.5) is 0 Å². The maximum atomic E-state index is 12.0. The molecule has 0 aliphatic rings. The van der Waals surface area contributed by atoms with Gasteiger partial charge in [-0.25, -0.2) is 0 Å². The van der Waals surface area contributed by atoms with Crippen LogP contribution < -0.4 is 0 Å². The Morgan fingerprint density at radius 2 is 1.10 bits per heavy atom. The summed E-state index contributed by atoms with van der Waals surface area (Å²) in [5.41, 5.74) is 0. The highest BCUT2D eigenvalue weighted by atomic mass is 16.7. The van der Waals surface area contributed by atoms with E-state index in [0.29, 0.717) is 12.8 Å². The number of ether oxygens (including phenoxy) is 1. The van der Waals surface area contributed by atoms with E-state index in [2.05, 4.69) is 6.92 Å². The summed E-state index contributed by atoms with van der Waals surface area (Å²) in [5, 5.41) is 20.0. The van der Waals surface area contributed by atoms with Gasteiger partial charge >= 0.3 is 5.97 Å². The van der Waals surface area contributed by atoms with Crippen molar-refractivity contribution in [2.24, 2.45) is 0 Å². The number of aliphatic hydroxyl groups is 2. The van der Waals surface area contributed by atoms with Crippen molar-refractivity contribution >= 4 is 5.97 Å². The van der Waals surface area contributed by atoms with Gasteiger partial charge in [0, 0.05) is 12.8 Å². The van der Waals surface area contributed by atoms with Crippen LogP contribution in [0.15, 0.2) is 0 Å². The molecule has 4 heteroatoms. The normalized spacial score (nSPS) is 14.5. The minimum atomic E-state index is -1.73. The highest BCUT2D eigenvalue weighted by Crippen LogP contribution is 2.22. The Morgan fingerprint density at radius 1 is 0.724 bits per heavy atom. The van der Waals surface area contributed by atoms with E-state index >= 15 is 0 Å². The molecule has 0 amide bonds. The van der Waals surface area contributed by atoms with Crippen molar-refractivity contribution in [2.75, 3.05) is 0 Å². The summed E-state index contributed by atoms with van der Waals surface area (Å²) in [4.78, 5) is 12.0. The van der Waals surface area contributed by atoms with Crippen molar-refractivity contribution in [3.05, 3.63) is 0 Å². The lowest BCUT2D eigenvalue weighted by Gasteiger charge is -2.30. The summed E-state index contributed by atoms with van der Waals surface area (Å²) < 4.78 is 5.19. The van der Waals surface area contributed by atoms with E-state index in [1.807, 2.05) is 6.92 Å². The fraction of sp³-hybridized carbons (Fsp3) is 0.960. The third-order valence-electron chi connectivity index (χ3n) is 5.82.